The van der Waals surface area contributed by atoms with E-state index in [-0.39, 0.29) is 5.41 Å². The van der Waals surface area contributed by atoms with Gasteiger partial charge in [0.15, 0.2) is 0 Å². The van der Waals surface area contributed by atoms with E-state index in [1.165, 1.54) is 11.3 Å². The van der Waals surface area contributed by atoms with Crippen LogP contribution in [0.1, 0.15) is 37.7 Å². The van der Waals surface area contributed by atoms with Gasteiger partial charge in [-0.05, 0) is 38.8 Å². The molecule has 16 heavy (non-hydrogen) atoms. The fourth-order valence-electron chi connectivity index (χ4n) is 1.94. The number of nitrogens with zero attached hydrogens (tertiary/aromatic N) is 2. The second-order valence-corrected chi connectivity index (χ2v) is 5.69. The van der Waals surface area contributed by atoms with Gasteiger partial charge in [-0.1, -0.05) is 20.8 Å². The molecule has 0 radical (unpaired) electrons. The molecule has 0 bridgehead atoms. The minimum Gasteiger partial charge on any atom is -0.315 e. The number of hydrogen-bond donors (Lipinski definition) is 1. The summed E-state index contributed by atoms with van der Waals surface area (Å²) in [6.07, 6.45) is 0. The molecule has 0 saturated heterocycles. The highest BCUT2D eigenvalue weighted by atomic mass is 15.3. The lowest BCUT2D eigenvalue weighted by Crippen LogP contribution is -2.41. The highest BCUT2D eigenvalue weighted by molar-refractivity contribution is 5.22. The Kier molecular flexibility index (Phi) is 3.79. The molecule has 1 rings (SSSR count). The molecule has 0 fully saturated rings. The molecule has 92 valence electrons. The van der Waals surface area contributed by atoms with Crippen LogP contribution in [-0.4, -0.2) is 22.9 Å². The van der Waals surface area contributed by atoms with Gasteiger partial charge in [-0.25, -0.2) is 0 Å². The summed E-state index contributed by atoms with van der Waals surface area (Å²) >= 11 is 0. The van der Waals surface area contributed by atoms with Crippen molar-refractivity contribution in [2.24, 2.45) is 5.41 Å². The summed E-state index contributed by atoms with van der Waals surface area (Å²) in [5.74, 6) is 0. The fraction of sp³-hybridized carbons (Fsp3) is 0.769. The summed E-state index contributed by atoms with van der Waals surface area (Å²) < 4.78 is 2.12. The molecule has 1 heterocycles. The van der Waals surface area contributed by atoms with Gasteiger partial charge in [0.1, 0.15) is 0 Å². The van der Waals surface area contributed by atoms with Gasteiger partial charge in [-0.3, -0.25) is 4.68 Å². The van der Waals surface area contributed by atoms with Crippen molar-refractivity contribution < 1.29 is 0 Å². The van der Waals surface area contributed by atoms with Crippen LogP contribution in [0.4, 0.5) is 0 Å². The maximum Gasteiger partial charge on any atom is 0.0625 e. The van der Waals surface area contributed by atoms with E-state index >= 15 is 0 Å². The normalized spacial score (nSPS) is 14.2. The first-order valence-electron chi connectivity index (χ1n) is 5.95. The summed E-state index contributed by atoms with van der Waals surface area (Å²) in [5, 5.41) is 7.97. The molecule has 0 aliphatic rings. The van der Waals surface area contributed by atoms with E-state index in [0.29, 0.717) is 6.04 Å². The molecule has 1 aromatic heterocycles. The highest BCUT2D eigenvalue weighted by Crippen LogP contribution is 2.21. The van der Waals surface area contributed by atoms with E-state index in [1.54, 1.807) is 0 Å². The summed E-state index contributed by atoms with van der Waals surface area (Å²) in [4.78, 5) is 0. The van der Waals surface area contributed by atoms with Crippen molar-refractivity contribution >= 4 is 0 Å². The van der Waals surface area contributed by atoms with Gasteiger partial charge in [0, 0.05) is 11.7 Å². The molecule has 0 amide bonds. The SMILES string of the molecule is CNC(Cn1nc(C)c(C)c1C)C(C)(C)C. The van der Waals surface area contributed by atoms with Crippen LogP contribution in [-0.2, 0) is 6.54 Å². The number of nitrogens with one attached hydrogen (secondary N) is 1. The molecule has 0 spiro atoms. The monoisotopic (exact) mass is 223 g/mol. The number of aryl methyl sites for hydroxylation is 1. The van der Waals surface area contributed by atoms with Gasteiger partial charge in [0.05, 0.1) is 12.2 Å². The highest BCUT2D eigenvalue weighted by Gasteiger charge is 2.24. The van der Waals surface area contributed by atoms with Gasteiger partial charge in [0.25, 0.3) is 0 Å². The third-order valence-electron chi connectivity index (χ3n) is 3.49. The molecule has 1 N–H and O–H groups in total. The quantitative estimate of drug-likeness (QED) is 0.853. The zero-order chi connectivity index (χ0) is 12.5. The van der Waals surface area contributed by atoms with Crippen LogP contribution >= 0.6 is 0 Å². The largest absolute Gasteiger partial charge is 0.315 e. The van der Waals surface area contributed by atoms with Crippen LogP contribution in [0, 0.1) is 26.2 Å². The zero-order valence-corrected chi connectivity index (χ0v) is 11.7. The average molecular weight is 223 g/mol. The lowest BCUT2D eigenvalue weighted by Gasteiger charge is -2.30. The van der Waals surface area contributed by atoms with E-state index in [1.807, 2.05) is 7.05 Å². The molecular formula is C13H25N3. The molecule has 1 aromatic rings. The van der Waals surface area contributed by atoms with E-state index in [2.05, 4.69) is 56.6 Å². The van der Waals surface area contributed by atoms with Crippen molar-refractivity contribution in [3.8, 4) is 0 Å². The van der Waals surface area contributed by atoms with Crippen molar-refractivity contribution in [1.82, 2.24) is 15.1 Å². The second kappa shape index (κ2) is 4.58. The van der Waals surface area contributed by atoms with E-state index in [9.17, 15) is 0 Å². The third-order valence-corrected chi connectivity index (χ3v) is 3.49. The molecular weight excluding hydrogens is 198 g/mol. The molecule has 3 nitrogen and oxygen atoms in total. The predicted molar refractivity (Wildman–Crippen MR) is 68.7 cm³/mol. The molecule has 1 atom stereocenters. The number of rotatable bonds is 3. The summed E-state index contributed by atoms with van der Waals surface area (Å²) in [5.41, 5.74) is 3.97. The van der Waals surface area contributed by atoms with Gasteiger partial charge in [-0.15, -0.1) is 0 Å². The van der Waals surface area contributed by atoms with Crippen molar-refractivity contribution in [2.45, 2.75) is 54.1 Å². The third kappa shape index (κ3) is 2.64. The van der Waals surface area contributed by atoms with Crippen LogP contribution in [0.5, 0.6) is 0 Å². The van der Waals surface area contributed by atoms with Crippen molar-refractivity contribution in [1.29, 1.82) is 0 Å². The fourth-order valence-corrected chi connectivity index (χ4v) is 1.94. The van der Waals surface area contributed by atoms with E-state index < -0.39 is 0 Å². The van der Waals surface area contributed by atoms with Crippen LogP contribution in [0.2, 0.25) is 0 Å². The van der Waals surface area contributed by atoms with Gasteiger partial charge in [0.2, 0.25) is 0 Å². The standard InChI is InChI=1S/C13H25N3/c1-9-10(2)15-16(11(9)3)8-12(14-7)13(4,5)6/h12,14H,8H2,1-7H3. The summed E-state index contributed by atoms with van der Waals surface area (Å²) in [6, 6.07) is 0.435. The van der Waals surface area contributed by atoms with Gasteiger partial charge >= 0.3 is 0 Å². The second-order valence-electron chi connectivity index (χ2n) is 5.69. The lowest BCUT2D eigenvalue weighted by atomic mass is 9.87. The maximum atomic E-state index is 4.59. The topological polar surface area (TPSA) is 29.9 Å². The van der Waals surface area contributed by atoms with Crippen molar-refractivity contribution in [3.05, 3.63) is 17.0 Å². The van der Waals surface area contributed by atoms with Crippen LogP contribution in [0.15, 0.2) is 0 Å². The van der Waals surface area contributed by atoms with Crippen molar-refractivity contribution in [2.75, 3.05) is 7.05 Å². The first-order valence-corrected chi connectivity index (χ1v) is 5.95. The van der Waals surface area contributed by atoms with Gasteiger partial charge < -0.3 is 5.32 Å². The predicted octanol–water partition coefficient (Wildman–Crippen LogP) is 2.44. The van der Waals surface area contributed by atoms with Crippen LogP contribution < -0.4 is 5.32 Å². The Hall–Kier alpha value is -0.830. The lowest BCUT2D eigenvalue weighted by molar-refractivity contribution is 0.246. The number of likely N-dealkylation sites (N-methyl/N-ethyl adjacent to an activating group) is 1. The minimum atomic E-state index is 0.245. The summed E-state index contributed by atoms with van der Waals surface area (Å²) in [7, 11) is 2.02. The zero-order valence-electron chi connectivity index (χ0n) is 11.7. The van der Waals surface area contributed by atoms with Crippen molar-refractivity contribution in [3.63, 3.8) is 0 Å². The Bertz CT molecular complexity index is 358. The molecule has 0 aliphatic heterocycles. The molecule has 0 aromatic carbocycles. The smallest absolute Gasteiger partial charge is 0.0625 e. The van der Waals surface area contributed by atoms with Crippen LogP contribution in [0.3, 0.4) is 0 Å². The maximum absolute atomic E-state index is 4.59. The van der Waals surface area contributed by atoms with Gasteiger partial charge in [-0.2, -0.15) is 5.10 Å². The average Bonchev–Trinajstić information content (AvgIpc) is 2.40. The van der Waals surface area contributed by atoms with E-state index in [0.717, 1.165) is 12.2 Å². The number of hydrogen-bond acceptors (Lipinski definition) is 2. The first-order chi connectivity index (χ1) is 7.27. The minimum absolute atomic E-state index is 0.245. The van der Waals surface area contributed by atoms with Crippen LogP contribution in [0.25, 0.3) is 0 Å². The Morgan fingerprint density at radius 1 is 1.25 bits per heavy atom. The summed E-state index contributed by atoms with van der Waals surface area (Å²) in [6.45, 7) is 14.1. The Morgan fingerprint density at radius 3 is 2.12 bits per heavy atom. The molecule has 0 saturated carbocycles. The van der Waals surface area contributed by atoms with E-state index in [4.69, 9.17) is 0 Å². The first kappa shape index (κ1) is 13.2. The molecule has 0 aliphatic carbocycles. The number of aromatic nitrogens is 2. The Balaban J connectivity index is 2.91. The Morgan fingerprint density at radius 2 is 1.81 bits per heavy atom. The molecule has 3 heteroatoms. The Labute approximate surface area is 99.2 Å². The molecule has 1 unspecified atom stereocenters.